The minimum Gasteiger partial charge on any atom is -0.454 e. The van der Waals surface area contributed by atoms with Crippen LogP contribution < -0.4 is 14.8 Å². The molecule has 0 saturated heterocycles. The zero-order chi connectivity index (χ0) is 19.6. The van der Waals surface area contributed by atoms with Gasteiger partial charge in [-0.1, -0.05) is 11.6 Å². The topological polar surface area (TPSA) is 108 Å². The second kappa shape index (κ2) is 7.45. The summed E-state index contributed by atoms with van der Waals surface area (Å²) in [6, 6.07) is 8.42. The van der Waals surface area contributed by atoms with Crippen LogP contribution in [0.4, 0.5) is 5.69 Å². The highest BCUT2D eigenvalue weighted by atomic mass is 35.5. The summed E-state index contributed by atoms with van der Waals surface area (Å²) in [5.74, 6) is -0.459. The van der Waals surface area contributed by atoms with Gasteiger partial charge in [-0.2, -0.15) is 0 Å². The van der Waals surface area contributed by atoms with Crippen LogP contribution in [-0.2, 0) is 19.4 Å². The van der Waals surface area contributed by atoms with Crippen LogP contribution in [0.15, 0.2) is 41.3 Å². The lowest BCUT2D eigenvalue weighted by Gasteiger charge is -2.09. The van der Waals surface area contributed by atoms with Crippen molar-refractivity contribution in [3.63, 3.8) is 0 Å². The van der Waals surface area contributed by atoms with Crippen molar-refractivity contribution in [2.75, 3.05) is 25.0 Å². The Kier molecular flexibility index (Phi) is 5.24. The molecule has 1 heterocycles. The number of sulfone groups is 1. The van der Waals surface area contributed by atoms with E-state index < -0.39 is 28.3 Å². The van der Waals surface area contributed by atoms with Gasteiger partial charge in [0.15, 0.2) is 27.9 Å². The molecule has 1 aliphatic heterocycles. The molecule has 10 heteroatoms. The first-order chi connectivity index (χ1) is 12.7. The summed E-state index contributed by atoms with van der Waals surface area (Å²) in [7, 11) is -3.46. The first-order valence-corrected chi connectivity index (χ1v) is 9.87. The zero-order valence-electron chi connectivity index (χ0n) is 14.0. The van der Waals surface area contributed by atoms with Gasteiger partial charge in [0.1, 0.15) is 0 Å². The van der Waals surface area contributed by atoms with Crippen molar-refractivity contribution in [2.24, 2.45) is 0 Å². The van der Waals surface area contributed by atoms with E-state index >= 15 is 0 Å². The first kappa shape index (κ1) is 19.0. The van der Waals surface area contributed by atoms with E-state index in [1.165, 1.54) is 30.3 Å². The van der Waals surface area contributed by atoms with Gasteiger partial charge in [-0.05, 0) is 36.4 Å². The number of nitrogens with one attached hydrogen (secondary N) is 1. The summed E-state index contributed by atoms with van der Waals surface area (Å²) < 4.78 is 38.5. The molecule has 2 aromatic rings. The number of carbonyl (C=O) groups excluding carboxylic acids is 2. The quantitative estimate of drug-likeness (QED) is 0.752. The van der Waals surface area contributed by atoms with Gasteiger partial charge in [-0.15, -0.1) is 0 Å². The minimum absolute atomic E-state index is 0.000412. The van der Waals surface area contributed by atoms with E-state index in [4.69, 9.17) is 25.8 Å². The average molecular weight is 412 g/mol. The molecule has 1 N–H and O–H groups in total. The van der Waals surface area contributed by atoms with Crippen LogP contribution in [0.1, 0.15) is 10.4 Å². The Morgan fingerprint density at radius 2 is 1.89 bits per heavy atom. The molecule has 2 aromatic carbocycles. The number of rotatable bonds is 5. The largest absolute Gasteiger partial charge is 0.454 e. The third-order valence-corrected chi connectivity index (χ3v) is 5.02. The summed E-state index contributed by atoms with van der Waals surface area (Å²) in [5.41, 5.74) is 0.299. The van der Waals surface area contributed by atoms with E-state index in [9.17, 15) is 18.0 Å². The van der Waals surface area contributed by atoms with Crippen LogP contribution in [0.25, 0.3) is 0 Å². The molecule has 1 aliphatic rings. The van der Waals surface area contributed by atoms with E-state index in [-0.39, 0.29) is 28.0 Å². The lowest BCUT2D eigenvalue weighted by atomic mass is 10.2. The SMILES string of the molecule is CS(=O)(=O)c1ccc(Cl)c(NC(=O)COC(=O)c2ccc3c(c2)OCO3)c1. The fourth-order valence-corrected chi connectivity index (χ4v) is 3.07. The van der Waals surface area contributed by atoms with Gasteiger partial charge >= 0.3 is 5.97 Å². The minimum atomic E-state index is -3.46. The third kappa shape index (κ3) is 4.50. The molecular weight excluding hydrogens is 398 g/mol. The summed E-state index contributed by atoms with van der Waals surface area (Å²) in [5, 5.41) is 2.56. The number of hydrogen-bond donors (Lipinski definition) is 1. The first-order valence-electron chi connectivity index (χ1n) is 7.60. The van der Waals surface area contributed by atoms with E-state index in [0.29, 0.717) is 11.5 Å². The highest BCUT2D eigenvalue weighted by molar-refractivity contribution is 7.90. The summed E-state index contributed by atoms with van der Waals surface area (Å²) in [4.78, 5) is 24.1. The molecule has 0 atom stereocenters. The number of esters is 1. The van der Waals surface area contributed by atoms with Gasteiger partial charge in [0.2, 0.25) is 6.79 Å². The number of ether oxygens (including phenoxy) is 3. The summed E-state index contributed by atoms with van der Waals surface area (Å²) in [6.45, 7) is -0.504. The fourth-order valence-electron chi connectivity index (χ4n) is 2.26. The van der Waals surface area contributed by atoms with Crippen molar-refractivity contribution in [1.29, 1.82) is 0 Å². The van der Waals surface area contributed by atoms with Crippen LogP contribution in [-0.4, -0.2) is 39.9 Å². The highest BCUT2D eigenvalue weighted by Crippen LogP contribution is 2.32. The average Bonchev–Trinajstić information content (AvgIpc) is 3.08. The van der Waals surface area contributed by atoms with Crippen LogP contribution in [0.5, 0.6) is 11.5 Å². The smallest absolute Gasteiger partial charge is 0.338 e. The monoisotopic (exact) mass is 411 g/mol. The molecule has 0 spiro atoms. The maximum Gasteiger partial charge on any atom is 0.338 e. The molecule has 0 radical (unpaired) electrons. The standard InChI is InChI=1S/C17H14ClNO7S/c1-27(22,23)11-3-4-12(18)13(7-11)19-16(20)8-24-17(21)10-2-5-14-15(6-10)26-9-25-14/h2-7H,8-9H2,1H3,(H,19,20). The number of carbonyl (C=O) groups is 2. The van der Waals surface area contributed by atoms with Crippen molar-refractivity contribution in [2.45, 2.75) is 4.90 Å². The molecule has 1 amide bonds. The maximum atomic E-state index is 12.0. The van der Waals surface area contributed by atoms with E-state index in [1.807, 2.05) is 0 Å². The molecule has 0 aliphatic carbocycles. The normalized spacial score (nSPS) is 12.5. The van der Waals surface area contributed by atoms with Crippen LogP contribution in [0, 0.1) is 0 Å². The lowest BCUT2D eigenvalue weighted by Crippen LogP contribution is -2.21. The number of amides is 1. The molecule has 142 valence electrons. The third-order valence-electron chi connectivity index (χ3n) is 3.58. The van der Waals surface area contributed by atoms with E-state index in [2.05, 4.69) is 5.32 Å². The number of fused-ring (bicyclic) bond motifs is 1. The van der Waals surface area contributed by atoms with Gasteiger partial charge in [-0.3, -0.25) is 4.79 Å². The molecular formula is C17H14ClNO7S. The Bertz CT molecular complexity index is 1020. The Labute approximate surface area is 159 Å². The lowest BCUT2D eigenvalue weighted by molar-refractivity contribution is -0.119. The highest BCUT2D eigenvalue weighted by Gasteiger charge is 2.18. The maximum absolute atomic E-state index is 12.0. The Morgan fingerprint density at radius 3 is 2.63 bits per heavy atom. The predicted molar refractivity (Wildman–Crippen MR) is 96.0 cm³/mol. The van der Waals surface area contributed by atoms with Crippen molar-refractivity contribution in [3.05, 3.63) is 47.0 Å². The van der Waals surface area contributed by atoms with Gasteiger partial charge in [0.05, 0.1) is 21.2 Å². The van der Waals surface area contributed by atoms with Crippen LogP contribution in [0.3, 0.4) is 0 Å². The molecule has 0 bridgehead atoms. The molecule has 3 rings (SSSR count). The second-order valence-corrected chi connectivity index (χ2v) is 8.03. The van der Waals surface area contributed by atoms with Crippen molar-refractivity contribution >= 4 is 39.0 Å². The predicted octanol–water partition coefficient (Wildman–Crippen LogP) is 2.27. The van der Waals surface area contributed by atoms with E-state index in [1.54, 1.807) is 6.07 Å². The number of halogens is 1. The summed E-state index contributed by atoms with van der Waals surface area (Å²) >= 11 is 5.96. The molecule has 27 heavy (non-hydrogen) atoms. The molecule has 0 aromatic heterocycles. The zero-order valence-corrected chi connectivity index (χ0v) is 15.6. The fraction of sp³-hybridized carbons (Fsp3) is 0.176. The molecule has 0 unspecified atom stereocenters. The molecule has 0 saturated carbocycles. The number of anilines is 1. The Hall–Kier alpha value is -2.78. The van der Waals surface area contributed by atoms with Crippen molar-refractivity contribution < 1.29 is 32.2 Å². The number of benzene rings is 2. The molecule has 0 fully saturated rings. The van der Waals surface area contributed by atoms with E-state index in [0.717, 1.165) is 6.26 Å². The van der Waals surface area contributed by atoms with Gasteiger partial charge < -0.3 is 19.5 Å². The van der Waals surface area contributed by atoms with Gasteiger partial charge in [0.25, 0.3) is 5.91 Å². The Balaban J connectivity index is 1.62. The second-order valence-electron chi connectivity index (χ2n) is 5.61. The van der Waals surface area contributed by atoms with Crippen molar-refractivity contribution in [1.82, 2.24) is 0 Å². The van der Waals surface area contributed by atoms with Crippen LogP contribution >= 0.6 is 11.6 Å². The van der Waals surface area contributed by atoms with Gasteiger partial charge in [0, 0.05) is 6.26 Å². The van der Waals surface area contributed by atoms with Gasteiger partial charge in [-0.25, -0.2) is 13.2 Å². The van der Waals surface area contributed by atoms with Crippen molar-refractivity contribution in [3.8, 4) is 11.5 Å². The summed E-state index contributed by atoms with van der Waals surface area (Å²) in [6.07, 6.45) is 1.04. The molecule has 8 nitrogen and oxygen atoms in total. The number of hydrogen-bond acceptors (Lipinski definition) is 7. The Morgan fingerprint density at radius 1 is 1.15 bits per heavy atom. The van der Waals surface area contributed by atoms with Crippen LogP contribution in [0.2, 0.25) is 5.02 Å².